The fraction of sp³-hybridized carbons (Fsp3) is 0.256. The lowest BCUT2D eigenvalue weighted by Gasteiger charge is -2.37. The number of hydrogen-bond donors (Lipinski definition) is 2. The molecule has 4 aromatic carbocycles. The highest BCUT2D eigenvalue weighted by Gasteiger charge is 2.42. The van der Waals surface area contributed by atoms with Crippen LogP contribution in [0, 0.1) is 11.8 Å². The molecule has 12 nitrogen and oxygen atoms in total. The summed E-state index contributed by atoms with van der Waals surface area (Å²) in [4.78, 5) is 54.5. The van der Waals surface area contributed by atoms with E-state index in [4.69, 9.17) is 18.9 Å². The molecule has 2 aliphatic rings. The first-order valence-electron chi connectivity index (χ1n) is 17.8. The second-order valence-electron chi connectivity index (χ2n) is 13.2. The van der Waals surface area contributed by atoms with Gasteiger partial charge in [0.2, 0.25) is 0 Å². The number of nitrogens with one attached hydrogen (secondary N) is 1. The van der Waals surface area contributed by atoms with E-state index in [1.54, 1.807) is 38.5 Å². The molecule has 7 rings (SSSR count). The van der Waals surface area contributed by atoms with Gasteiger partial charge in [0, 0.05) is 25.6 Å². The van der Waals surface area contributed by atoms with Crippen molar-refractivity contribution in [3.05, 3.63) is 164 Å². The van der Waals surface area contributed by atoms with E-state index < -0.39 is 35.3 Å². The number of aliphatic hydroxyl groups excluding tert-OH is 1. The van der Waals surface area contributed by atoms with Crippen molar-refractivity contribution in [2.24, 2.45) is 0 Å². The highest BCUT2D eigenvalue weighted by Crippen LogP contribution is 2.42. The number of unbranched alkanes of at least 4 members (excludes halogenated alkanes) is 1. The van der Waals surface area contributed by atoms with Crippen molar-refractivity contribution in [3.8, 4) is 23.3 Å². The monoisotopic (exact) mass is 741 g/mol. The summed E-state index contributed by atoms with van der Waals surface area (Å²) < 4.78 is 25.3. The molecule has 0 bridgehead atoms. The summed E-state index contributed by atoms with van der Waals surface area (Å²) in [6.07, 6.45) is -0.725. The third-order valence-electron chi connectivity index (χ3n) is 9.90. The van der Waals surface area contributed by atoms with Crippen molar-refractivity contribution < 1.29 is 33.6 Å². The van der Waals surface area contributed by atoms with Crippen molar-refractivity contribution in [2.45, 2.75) is 43.3 Å². The van der Waals surface area contributed by atoms with Crippen molar-refractivity contribution >= 4 is 11.8 Å². The van der Waals surface area contributed by atoms with Gasteiger partial charge >= 0.3 is 5.69 Å². The number of aromatic nitrogens is 2. The van der Waals surface area contributed by atoms with E-state index in [0.717, 1.165) is 16.7 Å². The number of hydrogen-bond acceptors (Lipinski definition) is 9. The second-order valence-corrected chi connectivity index (χ2v) is 13.2. The molecule has 2 aliphatic heterocycles. The molecule has 0 aliphatic carbocycles. The van der Waals surface area contributed by atoms with Crippen molar-refractivity contribution in [2.75, 3.05) is 27.4 Å². The molecule has 55 heavy (non-hydrogen) atoms. The van der Waals surface area contributed by atoms with Crippen molar-refractivity contribution in [3.63, 3.8) is 0 Å². The molecule has 0 unspecified atom stereocenters. The minimum absolute atomic E-state index is 0.0280. The van der Waals surface area contributed by atoms with Crippen LogP contribution in [-0.2, 0) is 15.1 Å². The minimum Gasteiger partial charge on any atom is -0.497 e. The lowest BCUT2D eigenvalue weighted by Crippen LogP contribution is -2.38. The average molecular weight is 742 g/mol. The van der Waals surface area contributed by atoms with Crippen LogP contribution in [0.3, 0.4) is 0 Å². The molecule has 1 fully saturated rings. The summed E-state index contributed by atoms with van der Waals surface area (Å²) in [6.45, 7) is 0.110. The van der Waals surface area contributed by atoms with Gasteiger partial charge in [-0.05, 0) is 59.5 Å². The number of ether oxygens (including phenoxy) is 4. The number of nitrogens with zero attached hydrogens (tertiary/aromatic N) is 2. The van der Waals surface area contributed by atoms with Crippen LogP contribution in [0.15, 0.2) is 119 Å². The van der Waals surface area contributed by atoms with Crippen LogP contribution >= 0.6 is 0 Å². The number of H-pyrrole nitrogens is 1. The normalized spacial score (nSPS) is 17.8. The van der Waals surface area contributed by atoms with Crippen LogP contribution in [0.2, 0.25) is 0 Å². The lowest BCUT2D eigenvalue weighted by atomic mass is 9.80. The number of carbonyl (C=O) groups is 2. The molecule has 0 radical (unpaired) electrons. The number of methoxy groups -OCH3 is 2. The first-order chi connectivity index (χ1) is 26.7. The Balaban J connectivity index is 1.09. The zero-order valence-electron chi connectivity index (χ0n) is 30.3. The SMILES string of the molecule is COc1ccc(C(OC[C@H]2O[C@@H](n3cc(C#CCCCN4C(=O)c5ccccc5C4=O)c(=O)[nH]c3=O)C[C@@H]2O)(c2ccccc2)c2ccc(OC)cc2)cc1. The third-order valence-corrected chi connectivity index (χ3v) is 9.90. The maximum atomic E-state index is 13.0. The molecule has 12 heteroatoms. The van der Waals surface area contributed by atoms with Gasteiger partial charge in [-0.25, -0.2) is 4.79 Å². The fourth-order valence-electron chi connectivity index (χ4n) is 7.03. The number of aromatic amines is 1. The van der Waals surface area contributed by atoms with Gasteiger partial charge < -0.3 is 24.1 Å². The number of benzene rings is 4. The average Bonchev–Trinajstić information content (AvgIpc) is 3.70. The first-order valence-corrected chi connectivity index (χ1v) is 17.8. The second kappa shape index (κ2) is 16.0. The number of carbonyl (C=O) groups excluding carboxylic acids is 2. The summed E-state index contributed by atoms with van der Waals surface area (Å²) in [5.41, 5.74) is 0.691. The van der Waals surface area contributed by atoms with Crippen LogP contribution < -0.4 is 20.7 Å². The van der Waals surface area contributed by atoms with Gasteiger partial charge in [-0.2, -0.15) is 0 Å². The van der Waals surface area contributed by atoms with Gasteiger partial charge in [-0.15, -0.1) is 0 Å². The quantitative estimate of drug-likeness (QED) is 0.0808. The number of rotatable bonds is 12. The molecule has 1 saturated heterocycles. The van der Waals surface area contributed by atoms with Gasteiger partial charge in [-0.1, -0.05) is 78.6 Å². The Kier molecular flexibility index (Phi) is 10.8. The summed E-state index contributed by atoms with van der Waals surface area (Å²) in [7, 11) is 3.20. The summed E-state index contributed by atoms with van der Waals surface area (Å²) in [5.74, 6) is 6.38. The summed E-state index contributed by atoms with van der Waals surface area (Å²) in [5, 5.41) is 11.3. The predicted molar refractivity (Wildman–Crippen MR) is 202 cm³/mol. The summed E-state index contributed by atoms with van der Waals surface area (Å²) >= 11 is 0. The molecule has 3 heterocycles. The smallest absolute Gasteiger partial charge is 0.330 e. The van der Waals surface area contributed by atoms with E-state index in [1.807, 2.05) is 78.9 Å². The van der Waals surface area contributed by atoms with E-state index in [2.05, 4.69) is 16.8 Å². The van der Waals surface area contributed by atoms with Gasteiger partial charge in [0.15, 0.2) is 0 Å². The zero-order valence-corrected chi connectivity index (χ0v) is 30.3. The lowest BCUT2D eigenvalue weighted by molar-refractivity contribution is -0.0944. The zero-order chi connectivity index (χ0) is 38.5. The molecule has 2 N–H and O–H groups in total. The number of imide groups is 1. The maximum Gasteiger partial charge on any atom is 0.330 e. The molecule has 2 amide bonds. The molecule has 0 spiro atoms. The minimum atomic E-state index is -1.15. The Morgan fingerprint density at radius 1 is 0.800 bits per heavy atom. The number of amides is 2. The van der Waals surface area contributed by atoms with Crippen LogP contribution in [-0.4, -0.2) is 71.0 Å². The molecule has 3 atom stereocenters. The van der Waals surface area contributed by atoms with Crippen molar-refractivity contribution in [1.29, 1.82) is 0 Å². The third kappa shape index (κ3) is 7.33. The predicted octanol–water partition coefficient (Wildman–Crippen LogP) is 4.64. The topological polar surface area (TPSA) is 149 Å². The Morgan fingerprint density at radius 2 is 1.36 bits per heavy atom. The largest absolute Gasteiger partial charge is 0.497 e. The van der Waals surface area contributed by atoms with Crippen molar-refractivity contribution in [1.82, 2.24) is 14.5 Å². The molecule has 280 valence electrons. The van der Waals surface area contributed by atoms with E-state index >= 15 is 0 Å². The molecule has 5 aromatic rings. The standard InChI is InChI=1S/C43H39N3O9/c1-52-32-20-16-30(17-21-32)43(29-12-6-3-7-13-29,31-18-22-33(53-2)23-19-31)54-27-37-36(47)25-38(55-37)46-26-28(39(48)44-42(46)51)11-5-4-10-24-45-40(49)34-14-8-9-15-35(34)41(45)50/h3,6-9,12-23,26,36-38,47H,4,10,24-25,27H2,1-2H3,(H,44,48,51)/t36-,37+,38+/m0/s1. The highest BCUT2D eigenvalue weighted by molar-refractivity contribution is 6.21. The molecule has 1 aromatic heterocycles. The molecule has 0 saturated carbocycles. The Hall–Kier alpha value is -6.26. The number of aliphatic hydroxyl groups is 1. The first kappa shape index (κ1) is 37.1. The van der Waals surface area contributed by atoms with Gasteiger partial charge in [-0.3, -0.25) is 28.8 Å². The van der Waals surface area contributed by atoms with Crippen LogP contribution in [0.25, 0.3) is 0 Å². The van der Waals surface area contributed by atoms with E-state index in [9.17, 15) is 24.3 Å². The Morgan fingerprint density at radius 3 is 1.95 bits per heavy atom. The van der Waals surface area contributed by atoms with Crippen LogP contribution in [0.1, 0.15) is 68.5 Å². The van der Waals surface area contributed by atoms with Crippen LogP contribution in [0.4, 0.5) is 0 Å². The number of fused-ring (bicyclic) bond motifs is 1. The van der Waals surface area contributed by atoms with E-state index in [0.29, 0.717) is 29.0 Å². The van der Waals surface area contributed by atoms with E-state index in [-0.39, 0.29) is 43.4 Å². The van der Waals surface area contributed by atoms with Gasteiger partial charge in [0.1, 0.15) is 35.0 Å². The summed E-state index contributed by atoms with van der Waals surface area (Å²) in [6, 6.07) is 31.5. The Bertz CT molecular complexity index is 2280. The Labute approximate surface area is 316 Å². The maximum absolute atomic E-state index is 13.0. The molecular formula is C43H39N3O9. The fourth-order valence-corrected chi connectivity index (χ4v) is 7.03. The van der Waals surface area contributed by atoms with Crippen LogP contribution in [0.5, 0.6) is 11.5 Å². The van der Waals surface area contributed by atoms with E-state index in [1.165, 1.54) is 15.7 Å². The molecular weight excluding hydrogens is 702 g/mol. The van der Waals surface area contributed by atoms with Gasteiger partial charge in [0.05, 0.1) is 38.1 Å². The van der Waals surface area contributed by atoms with Gasteiger partial charge in [0.25, 0.3) is 17.4 Å². The highest BCUT2D eigenvalue weighted by atomic mass is 16.6.